The second kappa shape index (κ2) is 7.77. The van der Waals surface area contributed by atoms with E-state index in [-0.39, 0.29) is 19.6 Å². The number of hydrogen-bond donors (Lipinski definition) is 0. The highest BCUT2D eigenvalue weighted by Gasteiger charge is 2.49. The Morgan fingerprint density at radius 3 is 2.48 bits per heavy atom. The zero-order valence-electron chi connectivity index (χ0n) is 13.0. The lowest BCUT2D eigenvalue weighted by atomic mass is 10.2. The molecular formula is C15H16F3NO5S. The number of halogens is 3. The number of ether oxygens (including phenoxy) is 1. The lowest BCUT2D eigenvalue weighted by Gasteiger charge is -2.23. The summed E-state index contributed by atoms with van der Waals surface area (Å²) in [6.07, 6.45) is 1.48. The molecule has 1 aromatic rings. The molecule has 0 aromatic heterocycles. The maximum atomic E-state index is 12.5. The smallest absolute Gasteiger partial charge is 0.444 e. The van der Waals surface area contributed by atoms with Crippen molar-refractivity contribution in [1.29, 1.82) is 0 Å². The highest BCUT2D eigenvalue weighted by Crippen LogP contribution is 2.29. The van der Waals surface area contributed by atoms with Crippen molar-refractivity contribution in [2.24, 2.45) is 0 Å². The number of alkyl halides is 3. The molecule has 0 saturated carbocycles. The Morgan fingerprint density at radius 2 is 1.84 bits per heavy atom. The molecule has 0 atom stereocenters. The first-order chi connectivity index (χ1) is 11.7. The van der Waals surface area contributed by atoms with Gasteiger partial charge < -0.3 is 8.92 Å². The van der Waals surface area contributed by atoms with Gasteiger partial charge in [0.05, 0.1) is 0 Å². The van der Waals surface area contributed by atoms with Gasteiger partial charge >= 0.3 is 21.7 Å². The van der Waals surface area contributed by atoms with Crippen LogP contribution in [-0.2, 0) is 25.6 Å². The average molecular weight is 379 g/mol. The van der Waals surface area contributed by atoms with Gasteiger partial charge in [0.25, 0.3) is 0 Å². The molecule has 10 heteroatoms. The normalized spacial score (nSPS) is 16.0. The zero-order chi connectivity index (χ0) is 18.5. The number of nitrogens with zero attached hydrogens (tertiary/aromatic N) is 1. The summed E-state index contributed by atoms with van der Waals surface area (Å²) in [5, 5.41) is 0. The van der Waals surface area contributed by atoms with Crippen LogP contribution in [0.25, 0.3) is 0 Å². The Balaban J connectivity index is 2.11. The second-order valence-electron chi connectivity index (χ2n) is 5.21. The molecule has 0 fully saturated rings. The molecule has 6 nitrogen and oxygen atoms in total. The van der Waals surface area contributed by atoms with Crippen LogP contribution < -0.4 is 0 Å². The Kier molecular flexibility index (Phi) is 5.93. The zero-order valence-corrected chi connectivity index (χ0v) is 13.8. The molecular weight excluding hydrogens is 363 g/mol. The lowest BCUT2D eigenvalue weighted by Crippen LogP contribution is -2.35. The van der Waals surface area contributed by atoms with E-state index in [1.54, 1.807) is 30.3 Å². The van der Waals surface area contributed by atoms with Gasteiger partial charge in [-0.2, -0.15) is 21.6 Å². The van der Waals surface area contributed by atoms with Gasteiger partial charge in [0.15, 0.2) is 0 Å². The summed E-state index contributed by atoms with van der Waals surface area (Å²) in [4.78, 5) is 12.9. The summed E-state index contributed by atoms with van der Waals surface area (Å²) >= 11 is 0. The summed E-state index contributed by atoms with van der Waals surface area (Å²) in [6, 6.07) is 8.66. The molecule has 0 radical (unpaired) electrons. The summed E-state index contributed by atoms with van der Waals surface area (Å²) in [7, 11) is -5.86. The monoisotopic (exact) mass is 379 g/mol. The van der Waals surface area contributed by atoms with Gasteiger partial charge in [-0.05, 0) is 30.9 Å². The second-order valence-corrected chi connectivity index (χ2v) is 6.75. The number of benzene rings is 1. The van der Waals surface area contributed by atoms with E-state index >= 15 is 0 Å². The van der Waals surface area contributed by atoms with Crippen molar-refractivity contribution >= 4 is 16.2 Å². The van der Waals surface area contributed by atoms with Crippen LogP contribution in [0.15, 0.2) is 42.3 Å². The van der Waals surface area contributed by atoms with Crippen LogP contribution in [-0.4, -0.2) is 31.5 Å². The predicted octanol–water partition coefficient (Wildman–Crippen LogP) is 3.52. The SMILES string of the molecule is O=C(OCc1ccccc1)N1CCCCC=C1OS(=O)(=O)C(F)(F)F. The largest absolute Gasteiger partial charge is 0.534 e. The molecule has 1 heterocycles. The average Bonchev–Trinajstić information content (AvgIpc) is 2.77. The molecule has 138 valence electrons. The minimum absolute atomic E-state index is 0.00711. The first kappa shape index (κ1) is 19.1. The van der Waals surface area contributed by atoms with Gasteiger partial charge in [0, 0.05) is 6.54 Å². The number of allylic oxidation sites excluding steroid dienone is 1. The van der Waals surface area contributed by atoms with Crippen molar-refractivity contribution in [1.82, 2.24) is 4.90 Å². The van der Waals surface area contributed by atoms with Gasteiger partial charge in [-0.1, -0.05) is 30.3 Å². The van der Waals surface area contributed by atoms with Crippen LogP contribution in [0.2, 0.25) is 0 Å². The first-order valence-electron chi connectivity index (χ1n) is 7.40. The van der Waals surface area contributed by atoms with E-state index in [9.17, 15) is 26.4 Å². The van der Waals surface area contributed by atoms with Crippen molar-refractivity contribution in [2.45, 2.75) is 31.4 Å². The molecule has 0 saturated heterocycles. The quantitative estimate of drug-likeness (QED) is 0.591. The Bertz CT molecular complexity index is 731. The van der Waals surface area contributed by atoms with Crippen molar-refractivity contribution in [2.75, 3.05) is 6.54 Å². The summed E-state index contributed by atoms with van der Waals surface area (Å²) in [5.74, 6) is -0.687. The molecule has 0 N–H and O–H groups in total. The fourth-order valence-corrected chi connectivity index (χ4v) is 2.55. The fourth-order valence-electron chi connectivity index (χ4n) is 2.08. The van der Waals surface area contributed by atoms with Gasteiger partial charge in [-0.3, -0.25) is 0 Å². The summed E-state index contributed by atoms with van der Waals surface area (Å²) in [6.45, 7) is -0.109. The molecule has 0 bridgehead atoms. The number of carbonyl (C=O) groups is 1. The van der Waals surface area contributed by atoms with Crippen LogP contribution in [0.5, 0.6) is 0 Å². The molecule has 1 aliphatic rings. The molecule has 1 aromatic carbocycles. The third-order valence-electron chi connectivity index (χ3n) is 3.32. The Labute approximate surface area is 142 Å². The maximum absolute atomic E-state index is 12.5. The Hall–Kier alpha value is -2.23. The van der Waals surface area contributed by atoms with E-state index in [1.165, 1.54) is 0 Å². The number of amides is 1. The topological polar surface area (TPSA) is 72.9 Å². The number of hydrogen-bond acceptors (Lipinski definition) is 5. The Morgan fingerprint density at radius 1 is 1.16 bits per heavy atom. The summed E-state index contributed by atoms with van der Waals surface area (Å²) in [5.41, 5.74) is -4.90. The molecule has 0 spiro atoms. The van der Waals surface area contributed by atoms with Gasteiger partial charge in [-0.25, -0.2) is 9.69 Å². The van der Waals surface area contributed by atoms with E-state index in [0.29, 0.717) is 18.4 Å². The van der Waals surface area contributed by atoms with Crippen molar-refractivity contribution in [3.63, 3.8) is 0 Å². The highest BCUT2D eigenvalue weighted by atomic mass is 32.2. The number of rotatable bonds is 4. The third-order valence-corrected chi connectivity index (χ3v) is 4.28. The molecule has 1 amide bonds. The predicted molar refractivity (Wildman–Crippen MR) is 81.3 cm³/mol. The van der Waals surface area contributed by atoms with E-state index < -0.39 is 27.6 Å². The third kappa shape index (κ3) is 5.12. The van der Waals surface area contributed by atoms with Crippen molar-refractivity contribution in [3.8, 4) is 0 Å². The van der Waals surface area contributed by atoms with Crippen molar-refractivity contribution < 1.29 is 35.3 Å². The van der Waals surface area contributed by atoms with Crippen molar-refractivity contribution in [3.05, 3.63) is 47.9 Å². The fraction of sp³-hybridized carbons (Fsp3) is 0.400. The molecule has 0 unspecified atom stereocenters. The molecule has 0 aliphatic carbocycles. The standard InChI is InChI=1S/C15H16F3NO5S/c16-15(17,18)25(21,22)24-13-9-5-2-6-10-19(13)14(20)23-11-12-7-3-1-4-8-12/h1,3-4,7-9H,2,5-6,10-11H2. The first-order valence-corrected chi connectivity index (χ1v) is 8.80. The van der Waals surface area contributed by atoms with Gasteiger partial charge in [0.2, 0.25) is 5.88 Å². The van der Waals surface area contributed by atoms with Gasteiger partial charge in [-0.15, -0.1) is 0 Å². The minimum Gasteiger partial charge on any atom is -0.444 e. The molecule has 1 aliphatic heterocycles. The van der Waals surface area contributed by atoms with E-state index in [4.69, 9.17) is 4.74 Å². The molecule has 2 rings (SSSR count). The van der Waals surface area contributed by atoms with E-state index in [2.05, 4.69) is 4.18 Å². The van der Waals surface area contributed by atoms with Crippen LogP contribution in [0, 0.1) is 0 Å². The summed E-state index contributed by atoms with van der Waals surface area (Å²) < 4.78 is 69.2. The van der Waals surface area contributed by atoms with E-state index in [1.807, 2.05) is 0 Å². The van der Waals surface area contributed by atoms with Crippen LogP contribution >= 0.6 is 0 Å². The van der Waals surface area contributed by atoms with Gasteiger partial charge in [0.1, 0.15) is 6.61 Å². The maximum Gasteiger partial charge on any atom is 0.534 e. The van der Waals surface area contributed by atoms with Crippen LogP contribution in [0.3, 0.4) is 0 Å². The van der Waals surface area contributed by atoms with E-state index in [0.717, 1.165) is 11.0 Å². The number of carbonyl (C=O) groups excluding carboxylic acids is 1. The minimum atomic E-state index is -5.86. The van der Waals surface area contributed by atoms with Crippen LogP contribution in [0.1, 0.15) is 24.8 Å². The highest BCUT2D eigenvalue weighted by molar-refractivity contribution is 7.87. The molecule has 25 heavy (non-hydrogen) atoms. The lowest BCUT2D eigenvalue weighted by molar-refractivity contribution is -0.0537. The van der Waals surface area contributed by atoms with Crippen LogP contribution in [0.4, 0.5) is 18.0 Å².